The topological polar surface area (TPSA) is 40.5 Å². The van der Waals surface area contributed by atoms with Crippen LogP contribution in [0.1, 0.15) is 30.4 Å². The van der Waals surface area contributed by atoms with Gasteiger partial charge in [-0.15, -0.1) is 0 Å². The van der Waals surface area contributed by atoms with E-state index in [1.54, 1.807) is 4.90 Å². The summed E-state index contributed by atoms with van der Waals surface area (Å²) in [6.07, 6.45) is 3.52. The second-order valence-corrected chi connectivity index (χ2v) is 5.08. The average Bonchev–Trinajstić information content (AvgIpc) is 2.56. The maximum atomic E-state index is 12.5. The Balaban J connectivity index is 2.26. The smallest absolute Gasteiger partial charge is 0.237 e. The zero-order valence-electron chi connectivity index (χ0n) is 10.1. The summed E-state index contributed by atoms with van der Waals surface area (Å²) >= 11 is 0. The second kappa shape index (κ2) is 3.57. The molecule has 1 atom stereocenters. The maximum Gasteiger partial charge on any atom is 0.237 e. The Labute approximate surface area is 101 Å². The number of likely N-dealkylation sites (N-methyl/N-ethyl adjacent to an activating group) is 1. The van der Waals surface area contributed by atoms with Gasteiger partial charge in [-0.1, -0.05) is 12.1 Å². The second-order valence-electron chi connectivity index (χ2n) is 5.08. The van der Waals surface area contributed by atoms with Crippen molar-refractivity contribution < 1.29 is 9.90 Å². The van der Waals surface area contributed by atoms with Crippen LogP contribution in [0, 0.1) is 0 Å². The fourth-order valence-electron chi connectivity index (χ4n) is 3.52. The molecule has 1 aliphatic heterocycles. The van der Waals surface area contributed by atoms with Crippen LogP contribution in [0.15, 0.2) is 18.2 Å². The van der Waals surface area contributed by atoms with Crippen molar-refractivity contribution >= 4 is 11.6 Å². The van der Waals surface area contributed by atoms with Gasteiger partial charge in [0.2, 0.25) is 5.91 Å². The van der Waals surface area contributed by atoms with Crippen molar-refractivity contribution in [2.75, 3.05) is 18.6 Å². The molecule has 17 heavy (non-hydrogen) atoms. The molecule has 1 heterocycles. The average molecular weight is 231 g/mol. The molecule has 90 valence electrons. The number of aliphatic hydroxyl groups is 1. The number of hydrogen-bond donors (Lipinski definition) is 1. The van der Waals surface area contributed by atoms with E-state index in [0.717, 1.165) is 24.9 Å². The first-order chi connectivity index (χ1) is 8.20. The van der Waals surface area contributed by atoms with Crippen LogP contribution in [-0.2, 0) is 16.6 Å². The van der Waals surface area contributed by atoms with Crippen molar-refractivity contribution in [3.8, 4) is 0 Å². The summed E-state index contributed by atoms with van der Waals surface area (Å²) in [4.78, 5) is 14.3. The zero-order chi connectivity index (χ0) is 12.0. The van der Waals surface area contributed by atoms with Gasteiger partial charge in [-0.2, -0.15) is 0 Å². The first-order valence-electron chi connectivity index (χ1n) is 6.22. The summed E-state index contributed by atoms with van der Waals surface area (Å²) in [7, 11) is 1.84. The molecule has 0 saturated heterocycles. The third-order valence-corrected chi connectivity index (χ3v) is 4.27. The standard InChI is InChI=1S/C14H17NO2/c1-15-11-6-2-4-10-5-3-7-14(8-9-16,12(10)11)13(15)17/h2,4,6,16H,3,5,7-9H2,1H3. The molecular weight excluding hydrogens is 214 g/mol. The van der Waals surface area contributed by atoms with Crippen molar-refractivity contribution in [2.24, 2.45) is 0 Å². The molecule has 0 radical (unpaired) electrons. The normalized spacial score (nSPS) is 26.2. The zero-order valence-corrected chi connectivity index (χ0v) is 10.1. The molecule has 3 nitrogen and oxygen atoms in total. The van der Waals surface area contributed by atoms with E-state index in [0.29, 0.717) is 6.42 Å². The van der Waals surface area contributed by atoms with E-state index in [2.05, 4.69) is 6.07 Å². The van der Waals surface area contributed by atoms with E-state index in [-0.39, 0.29) is 12.5 Å². The number of carbonyl (C=O) groups is 1. The number of carbonyl (C=O) groups excluding carboxylic acids is 1. The fraction of sp³-hybridized carbons (Fsp3) is 0.500. The summed E-state index contributed by atoms with van der Waals surface area (Å²) in [6.45, 7) is 0.0767. The summed E-state index contributed by atoms with van der Waals surface area (Å²) in [5, 5.41) is 9.30. The first kappa shape index (κ1) is 10.8. The van der Waals surface area contributed by atoms with Crippen LogP contribution in [0.5, 0.6) is 0 Å². The highest BCUT2D eigenvalue weighted by Crippen LogP contribution is 2.50. The molecule has 0 saturated carbocycles. The number of anilines is 1. The summed E-state index contributed by atoms with van der Waals surface area (Å²) < 4.78 is 0. The number of hydrogen-bond acceptors (Lipinski definition) is 2. The monoisotopic (exact) mass is 231 g/mol. The van der Waals surface area contributed by atoms with E-state index >= 15 is 0 Å². The lowest BCUT2D eigenvalue weighted by Gasteiger charge is -2.32. The molecule has 3 heteroatoms. The fourth-order valence-corrected chi connectivity index (χ4v) is 3.52. The molecule has 0 aromatic heterocycles. The van der Waals surface area contributed by atoms with E-state index in [1.165, 1.54) is 11.1 Å². The van der Waals surface area contributed by atoms with E-state index in [9.17, 15) is 9.90 Å². The molecule has 1 unspecified atom stereocenters. The quantitative estimate of drug-likeness (QED) is 0.840. The van der Waals surface area contributed by atoms with E-state index in [4.69, 9.17) is 0 Å². The van der Waals surface area contributed by atoms with Crippen LogP contribution >= 0.6 is 0 Å². The highest BCUT2D eigenvalue weighted by Gasteiger charge is 2.51. The number of aryl methyl sites for hydroxylation is 1. The van der Waals surface area contributed by atoms with Gasteiger partial charge in [0.05, 0.1) is 5.41 Å². The minimum atomic E-state index is -0.437. The third-order valence-electron chi connectivity index (χ3n) is 4.27. The molecule has 0 fully saturated rings. The Morgan fingerprint density at radius 1 is 1.47 bits per heavy atom. The molecule has 1 aliphatic carbocycles. The van der Waals surface area contributed by atoms with E-state index in [1.807, 2.05) is 19.2 Å². The van der Waals surface area contributed by atoms with Gasteiger partial charge >= 0.3 is 0 Å². The largest absolute Gasteiger partial charge is 0.396 e. The van der Waals surface area contributed by atoms with Crippen LogP contribution in [0.4, 0.5) is 5.69 Å². The van der Waals surface area contributed by atoms with Crippen LogP contribution in [0.25, 0.3) is 0 Å². The third kappa shape index (κ3) is 1.23. The van der Waals surface area contributed by atoms with Crippen molar-refractivity contribution in [1.29, 1.82) is 0 Å². The van der Waals surface area contributed by atoms with E-state index < -0.39 is 5.41 Å². The van der Waals surface area contributed by atoms with Gasteiger partial charge in [-0.3, -0.25) is 4.79 Å². The molecule has 1 aromatic carbocycles. The van der Waals surface area contributed by atoms with Crippen molar-refractivity contribution in [3.05, 3.63) is 29.3 Å². The van der Waals surface area contributed by atoms with Crippen LogP contribution in [-0.4, -0.2) is 24.7 Å². The van der Waals surface area contributed by atoms with Crippen molar-refractivity contribution in [3.63, 3.8) is 0 Å². The van der Waals surface area contributed by atoms with Crippen molar-refractivity contribution in [1.82, 2.24) is 0 Å². The van der Waals surface area contributed by atoms with Gasteiger partial charge in [0.15, 0.2) is 0 Å². The molecule has 1 aromatic rings. The molecular formula is C14H17NO2. The molecule has 2 aliphatic rings. The predicted molar refractivity (Wildman–Crippen MR) is 66.2 cm³/mol. The summed E-state index contributed by atoms with van der Waals surface area (Å²) in [6, 6.07) is 6.16. The Morgan fingerprint density at radius 3 is 3.06 bits per heavy atom. The van der Waals surface area contributed by atoms with Gasteiger partial charge in [0.25, 0.3) is 0 Å². The Kier molecular flexibility index (Phi) is 2.26. The maximum absolute atomic E-state index is 12.5. The Bertz CT molecular complexity index is 483. The number of nitrogens with zero attached hydrogens (tertiary/aromatic N) is 1. The molecule has 0 bridgehead atoms. The van der Waals surface area contributed by atoms with Gasteiger partial charge in [-0.25, -0.2) is 0 Å². The van der Waals surface area contributed by atoms with Gasteiger partial charge in [0, 0.05) is 19.3 Å². The SMILES string of the molecule is CN1C(=O)C2(CCO)CCCc3cccc1c32. The highest BCUT2D eigenvalue weighted by molar-refractivity contribution is 6.08. The number of rotatable bonds is 2. The number of aliphatic hydroxyl groups excluding tert-OH is 1. The first-order valence-corrected chi connectivity index (χ1v) is 6.22. The van der Waals surface area contributed by atoms with Crippen LogP contribution in [0.2, 0.25) is 0 Å². The Hall–Kier alpha value is -1.35. The minimum absolute atomic E-state index is 0.0767. The number of benzene rings is 1. The predicted octanol–water partition coefficient (Wildman–Crippen LogP) is 1.62. The lowest BCUT2D eigenvalue weighted by molar-refractivity contribution is -0.124. The highest BCUT2D eigenvalue weighted by atomic mass is 16.3. The van der Waals surface area contributed by atoms with Gasteiger partial charge in [0.1, 0.15) is 0 Å². The molecule has 1 amide bonds. The lowest BCUT2D eigenvalue weighted by Crippen LogP contribution is -2.41. The van der Waals surface area contributed by atoms with Gasteiger partial charge in [-0.05, 0) is 42.9 Å². The molecule has 0 spiro atoms. The summed E-state index contributed by atoms with van der Waals surface area (Å²) in [5.41, 5.74) is 3.08. The number of amides is 1. The molecule has 3 rings (SSSR count). The van der Waals surface area contributed by atoms with Gasteiger partial charge < -0.3 is 10.0 Å². The lowest BCUT2D eigenvalue weighted by atomic mass is 9.69. The van der Waals surface area contributed by atoms with Crippen molar-refractivity contribution in [2.45, 2.75) is 31.1 Å². The van der Waals surface area contributed by atoms with Crippen LogP contribution in [0.3, 0.4) is 0 Å². The minimum Gasteiger partial charge on any atom is -0.396 e. The Morgan fingerprint density at radius 2 is 2.29 bits per heavy atom. The summed E-state index contributed by atoms with van der Waals surface area (Å²) in [5.74, 6) is 0.161. The molecule has 1 N–H and O–H groups in total. The van der Waals surface area contributed by atoms with Crippen LogP contribution < -0.4 is 4.90 Å².